The Balaban J connectivity index is 1.88. The number of aryl methyl sites for hydroxylation is 2. The van der Waals surface area contributed by atoms with Gasteiger partial charge in [0.25, 0.3) is 5.91 Å². The van der Waals surface area contributed by atoms with Gasteiger partial charge in [-0.05, 0) is 61.2 Å². The molecular weight excluding hydrogens is 298 g/mol. The summed E-state index contributed by atoms with van der Waals surface area (Å²) in [5.41, 5.74) is 4.31. The third kappa shape index (κ3) is 4.50. The van der Waals surface area contributed by atoms with Gasteiger partial charge in [0.2, 0.25) is 0 Å². The van der Waals surface area contributed by atoms with Crippen LogP contribution in [0.4, 0.5) is 0 Å². The van der Waals surface area contributed by atoms with Crippen molar-refractivity contribution >= 4 is 17.5 Å². The average molecular weight is 318 g/mol. The molecule has 22 heavy (non-hydrogen) atoms. The van der Waals surface area contributed by atoms with Gasteiger partial charge in [-0.3, -0.25) is 4.79 Å². The summed E-state index contributed by atoms with van der Waals surface area (Å²) >= 11 is 5.91. The van der Waals surface area contributed by atoms with E-state index in [0.29, 0.717) is 11.6 Å². The normalized spacial score (nSPS) is 10.4. The molecule has 0 aromatic heterocycles. The van der Waals surface area contributed by atoms with E-state index in [2.05, 4.69) is 11.4 Å². The van der Waals surface area contributed by atoms with E-state index in [1.807, 2.05) is 45.0 Å². The highest BCUT2D eigenvalue weighted by Gasteiger charge is 2.07. The zero-order valence-corrected chi connectivity index (χ0v) is 13.8. The first-order valence-corrected chi connectivity index (χ1v) is 7.55. The molecule has 0 aliphatic heterocycles. The number of hydrogen-bond donors (Lipinski definition) is 1. The predicted octanol–water partition coefficient (Wildman–Crippen LogP) is 3.96. The summed E-state index contributed by atoms with van der Waals surface area (Å²) in [6.07, 6.45) is 0. The van der Waals surface area contributed by atoms with E-state index in [4.69, 9.17) is 16.3 Å². The number of carbonyl (C=O) groups is 1. The second kappa shape index (κ2) is 7.32. The van der Waals surface area contributed by atoms with Gasteiger partial charge in [-0.2, -0.15) is 0 Å². The summed E-state index contributed by atoms with van der Waals surface area (Å²) in [7, 11) is 0. The average Bonchev–Trinajstić information content (AvgIpc) is 2.47. The lowest BCUT2D eigenvalue weighted by Crippen LogP contribution is -2.28. The van der Waals surface area contributed by atoms with E-state index in [1.54, 1.807) is 6.07 Å². The SMILES string of the molecule is Cc1cc(C)c(C)c(OCC(=O)NCc2cccc(Cl)c2)c1. The minimum atomic E-state index is -0.154. The van der Waals surface area contributed by atoms with Crippen molar-refractivity contribution in [2.45, 2.75) is 27.3 Å². The van der Waals surface area contributed by atoms with Crippen LogP contribution in [0, 0.1) is 20.8 Å². The Labute approximate surface area is 136 Å². The predicted molar refractivity (Wildman–Crippen MR) is 89.4 cm³/mol. The zero-order chi connectivity index (χ0) is 16.1. The fraction of sp³-hybridized carbons (Fsp3) is 0.278. The highest BCUT2D eigenvalue weighted by atomic mass is 35.5. The molecule has 0 atom stereocenters. The second-order valence-electron chi connectivity index (χ2n) is 5.40. The molecule has 0 bridgehead atoms. The Morgan fingerprint density at radius 1 is 1.18 bits per heavy atom. The van der Waals surface area contributed by atoms with Gasteiger partial charge in [0.15, 0.2) is 6.61 Å². The molecule has 116 valence electrons. The van der Waals surface area contributed by atoms with Gasteiger partial charge in [0.1, 0.15) is 5.75 Å². The lowest BCUT2D eigenvalue weighted by atomic mass is 10.1. The van der Waals surface area contributed by atoms with Crippen molar-refractivity contribution in [3.63, 3.8) is 0 Å². The third-order valence-electron chi connectivity index (χ3n) is 3.50. The Kier molecular flexibility index (Phi) is 5.45. The van der Waals surface area contributed by atoms with Gasteiger partial charge < -0.3 is 10.1 Å². The molecule has 0 saturated heterocycles. The van der Waals surface area contributed by atoms with Gasteiger partial charge in [0, 0.05) is 11.6 Å². The van der Waals surface area contributed by atoms with E-state index in [1.165, 1.54) is 0 Å². The third-order valence-corrected chi connectivity index (χ3v) is 3.74. The van der Waals surface area contributed by atoms with Crippen LogP contribution in [0.1, 0.15) is 22.3 Å². The van der Waals surface area contributed by atoms with E-state index in [0.717, 1.165) is 28.0 Å². The van der Waals surface area contributed by atoms with Crippen molar-refractivity contribution in [1.82, 2.24) is 5.32 Å². The molecular formula is C18H20ClNO2. The maximum absolute atomic E-state index is 11.9. The van der Waals surface area contributed by atoms with Crippen molar-refractivity contribution in [2.75, 3.05) is 6.61 Å². The number of rotatable bonds is 5. The fourth-order valence-corrected chi connectivity index (χ4v) is 2.41. The number of nitrogens with one attached hydrogen (secondary N) is 1. The molecule has 0 spiro atoms. The summed E-state index contributed by atoms with van der Waals surface area (Å²) in [5.74, 6) is 0.606. The van der Waals surface area contributed by atoms with Crippen molar-refractivity contribution in [3.05, 3.63) is 63.7 Å². The first kappa shape index (κ1) is 16.4. The van der Waals surface area contributed by atoms with Gasteiger partial charge in [-0.25, -0.2) is 0 Å². The smallest absolute Gasteiger partial charge is 0.258 e. The summed E-state index contributed by atoms with van der Waals surface area (Å²) in [6, 6.07) is 11.5. The minimum Gasteiger partial charge on any atom is -0.483 e. The molecule has 0 aliphatic rings. The van der Waals surface area contributed by atoms with Gasteiger partial charge in [0.05, 0.1) is 0 Å². The lowest BCUT2D eigenvalue weighted by molar-refractivity contribution is -0.123. The van der Waals surface area contributed by atoms with E-state index in [-0.39, 0.29) is 12.5 Å². The molecule has 0 radical (unpaired) electrons. The van der Waals surface area contributed by atoms with Crippen LogP contribution in [-0.4, -0.2) is 12.5 Å². The number of amides is 1. The summed E-state index contributed by atoms with van der Waals surface area (Å²) in [4.78, 5) is 11.9. The first-order valence-electron chi connectivity index (χ1n) is 7.17. The molecule has 0 unspecified atom stereocenters. The molecule has 1 N–H and O–H groups in total. The quantitative estimate of drug-likeness (QED) is 0.906. The van der Waals surface area contributed by atoms with Crippen molar-refractivity contribution in [3.8, 4) is 5.75 Å². The lowest BCUT2D eigenvalue weighted by Gasteiger charge is -2.12. The van der Waals surface area contributed by atoms with Crippen LogP contribution < -0.4 is 10.1 Å². The Bertz CT molecular complexity index is 683. The maximum atomic E-state index is 11.9. The Hall–Kier alpha value is -2.00. The Morgan fingerprint density at radius 3 is 2.68 bits per heavy atom. The number of carbonyl (C=O) groups excluding carboxylic acids is 1. The van der Waals surface area contributed by atoms with Crippen LogP contribution in [-0.2, 0) is 11.3 Å². The molecule has 2 aromatic carbocycles. The number of halogens is 1. The summed E-state index contributed by atoms with van der Waals surface area (Å²) < 4.78 is 5.63. The highest BCUT2D eigenvalue weighted by molar-refractivity contribution is 6.30. The van der Waals surface area contributed by atoms with Crippen LogP contribution in [0.5, 0.6) is 5.75 Å². The standard InChI is InChI=1S/C18H20ClNO2/c1-12-7-13(2)14(3)17(8-12)22-11-18(21)20-10-15-5-4-6-16(19)9-15/h4-9H,10-11H2,1-3H3,(H,20,21). The van der Waals surface area contributed by atoms with Gasteiger partial charge in [-0.1, -0.05) is 29.8 Å². The van der Waals surface area contributed by atoms with Crippen LogP contribution in [0.25, 0.3) is 0 Å². The first-order chi connectivity index (χ1) is 10.5. The fourth-order valence-electron chi connectivity index (χ4n) is 2.19. The van der Waals surface area contributed by atoms with Crippen molar-refractivity contribution in [2.24, 2.45) is 0 Å². The Morgan fingerprint density at radius 2 is 1.95 bits per heavy atom. The van der Waals surface area contributed by atoms with E-state index < -0.39 is 0 Å². The molecule has 4 heteroatoms. The van der Waals surface area contributed by atoms with Crippen molar-refractivity contribution < 1.29 is 9.53 Å². The zero-order valence-electron chi connectivity index (χ0n) is 13.1. The maximum Gasteiger partial charge on any atom is 0.258 e. The minimum absolute atomic E-state index is 0.00426. The van der Waals surface area contributed by atoms with Crippen LogP contribution >= 0.6 is 11.6 Å². The largest absolute Gasteiger partial charge is 0.483 e. The van der Waals surface area contributed by atoms with E-state index in [9.17, 15) is 4.79 Å². The highest BCUT2D eigenvalue weighted by Crippen LogP contribution is 2.23. The van der Waals surface area contributed by atoms with E-state index >= 15 is 0 Å². The second-order valence-corrected chi connectivity index (χ2v) is 5.84. The topological polar surface area (TPSA) is 38.3 Å². The molecule has 0 saturated carbocycles. The number of hydrogen-bond acceptors (Lipinski definition) is 2. The van der Waals surface area contributed by atoms with Gasteiger partial charge in [-0.15, -0.1) is 0 Å². The van der Waals surface area contributed by atoms with Crippen LogP contribution in [0.15, 0.2) is 36.4 Å². The molecule has 2 aromatic rings. The van der Waals surface area contributed by atoms with Crippen LogP contribution in [0.3, 0.4) is 0 Å². The molecule has 0 fully saturated rings. The molecule has 1 amide bonds. The molecule has 0 heterocycles. The van der Waals surface area contributed by atoms with Crippen LogP contribution in [0.2, 0.25) is 5.02 Å². The van der Waals surface area contributed by atoms with Crippen molar-refractivity contribution in [1.29, 1.82) is 0 Å². The molecule has 0 aliphatic carbocycles. The monoisotopic (exact) mass is 317 g/mol. The van der Waals surface area contributed by atoms with Gasteiger partial charge >= 0.3 is 0 Å². The summed E-state index contributed by atoms with van der Waals surface area (Å²) in [5, 5.41) is 3.48. The number of benzene rings is 2. The molecule has 2 rings (SSSR count). The number of ether oxygens (including phenoxy) is 1. The molecule has 3 nitrogen and oxygen atoms in total. The summed E-state index contributed by atoms with van der Waals surface area (Å²) in [6.45, 7) is 6.49.